The molecule has 2 heterocycles. The fourth-order valence-corrected chi connectivity index (χ4v) is 2.01. The number of nitrogens with one attached hydrogen (secondary N) is 2. The minimum Gasteiger partial charge on any atom is -0.373 e. The van der Waals surface area contributed by atoms with Crippen LogP contribution in [0.15, 0.2) is 30.3 Å². The van der Waals surface area contributed by atoms with E-state index >= 15 is 0 Å². The molecule has 0 fully saturated rings. The number of rotatable bonds is 2. The zero-order chi connectivity index (χ0) is 13.4. The molecule has 4 nitrogen and oxygen atoms in total. The van der Waals surface area contributed by atoms with Crippen molar-refractivity contribution in [2.24, 2.45) is 0 Å². The van der Waals surface area contributed by atoms with E-state index in [9.17, 15) is 4.39 Å². The molecule has 3 aromatic rings. The van der Waals surface area contributed by atoms with Gasteiger partial charge in [0.25, 0.3) is 0 Å². The summed E-state index contributed by atoms with van der Waals surface area (Å²) in [6.45, 7) is 1.93. The summed E-state index contributed by atoms with van der Waals surface area (Å²) >= 11 is 0. The highest BCUT2D eigenvalue weighted by molar-refractivity contribution is 5.78. The Morgan fingerprint density at radius 3 is 2.79 bits per heavy atom. The Bertz CT molecular complexity index is 748. The van der Waals surface area contributed by atoms with Gasteiger partial charge in [0.15, 0.2) is 5.65 Å². The fourth-order valence-electron chi connectivity index (χ4n) is 2.01. The van der Waals surface area contributed by atoms with Gasteiger partial charge in [-0.1, -0.05) is 6.07 Å². The Kier molecular flexibility index (Phi) is 2.67. The lowest BCUT2D eigenvalue weighted by Gasteiger charge is -2.01. The predicted molar refractivity (Wildman–Crippen MR) is 73.6 cm³/mol. The molecule has 0 saturated heterocycles. The molecule has 2 aromatic heterocycles. The number of halogens is 1. The molecule has 1 aromatic carbocycles. The average molecular weight is 256 g/mol. The largest absolute Gasteiger partial charge is 0.373 e. The molecule has 19 heavy (non-hydrogen) atoms. The van der Waals surface area contributed by atoms with Gasteiger partial charge in [-0.05, 0) is 36.8 Å². The lowest BCUT2D eigenvalue weighted by Crippen LogP contribution is -1.91. The maximum Gasteiger partial charge on any atom is 0.180 e. The summed E-state index contributed by atoms with van der Waals surface area (Å²) in [5.41, 5.74) is 3.17. The first-order valence-electron chi connectivity index (χ1n) is 5.98. The molecule has 96 valence electrons. The SMILES string of the molecule is CNc1ccc2[nH]c(-c3cc(F)ccc3C)nc2n1. The van der Waals surface area contributed by atoms with Crippen molar-refractivity contribution in [3.63, 3.8) is 0 Å². The molecule has 0 aliphatic carbocycles. The van der Waals surface area contributed by atoms with Crippen molar-refractivity contribution in [2.75, 3.05) is 12.4 Å². The van der Waals surface area contributed by atoms with Gasteiger partial charge in [-0.25, -0.2) is 14.4 Å². The number of anilines is 1. The van der Waals surface area contributed by atoms with Crippen LogP contribution in [-0.4, -0.2) is 22.0 Å². The van der Waals surface area contributed by atoms with Crippen molar-refractivity contribution in [2.45, 2.75) is 6.92 Å². The van der Waals surface area contributed by atoms with Crippen LogP contribution in [0.2, 0.25) is 0 Å². The van der Waals surface area contributed by atoms with Crippen LogP contribution < -0.4 is 5.32 Å². The van der Waals surface area contributed by atoms with E-state index in [2.05, 4.69) is 20.3 Å². The first-order chi connectivity index (χ1) is 9.17. The summed E-state index contributed by atoms with van der Waals surface area (Å²) < 4.78 is 13.3. The number of hydrogen-bond acceptors (Lipinski definition) is 3. The maximum absolute atomic E-state index is 13.3. The highest BCUT2D eigenvalue weighted by Crippen LogP contribution is 2.24. The van der Waals surface area contributed by atoms with E-state index in [0.717, 1.165) is 22.5 Å². The van der Waals surface area contributed by atoms with Gasteiger partial charge in [0.1, 0.15) is 17.5 Å². The number of aryl methyl sites for hydroxylation is 1. The van der Waals surface area contributed by atoms with Gasteiger partial charge in [0.2, 0.25) is 0 Å². The summed E-state index contributed by atoms with van der Waals surface area (Å²) in [6.07, 6.45) is 0. The molecule has 2 N–H and O–H groups in total. The number of imidazole rings is 1. The monoisotopic (exact) mass is 256 g/mol. The van der Waals surface area contributed by atoms with Gasteiger partial charge < -0.3 is 10.3 Å². The molecule has 0 bridgehead atoms. The third-order valence-electron chi connectivity index (χ3n) is 3.06. The van der Waals surface area contributed by atoms with Gasteiger partial charge in [-0.15, -0.1) is 0 Å². The minimum absolute atomic E-state index is 0.273. The van der Waals surface area contributed by atoms with Crippen molar-refractivity contribution in [3.8, 4) is 11.4 Å². The second-order valence-electron chi connectivity index (χ2n) is 4.36. The van der Waals surface area contributed by atoms with Gasteiger partial charge >= 0.3 is 0 Å². The molecular weight excluding hydrogens is 243 g/mol. The quantitative estimate of drug-likeness (QED) is 0.740. The van der Waals surface area contributed by atoms with Crippen LogP contribution in [0.1, 0.15) is 5.56 Å². The van der Waals surface area contributed by atoms with Crippen LogP contribution in [0.4, 0.5) is 10.2 Å². The van der Waals surface area contributed by atoms with Gasteiger partial charge in [0, 0.05) is 12.6 Å². The predicted octanol–water partition coefficient (Wildman–Crippen LogP) is 3.11. The Morgan fingerprint density at radius 2 is 2.00 bits per heavy atom. The highest BCUT2D eigenvalue weighted by atomic mass is 19.1. The van der Waals surface area contributed by atoms with Crippen LogP contribution in [0.5, 0.6) is 0 Å². The minimum atomic E-state index is -0.273. The van der Waals surface area contributed by atoms with Crippen molar-refractivity contribution >= 4 is 17.0 Å². The second kappa shape index (κ2) is 4.35. The third-order valence-corrected chi connectivity index (χ3v) is 3.06. The van der Waals surface area contributed by atoms with E-state index in [1.165, 1.54) is 12.1 Å². The summed E-state index contributed by atoms with van der Waals surface area (Å²) in [7, 11) is 1.80. The number of nitrogens with zero attached hydrogens (tertiary/aromatic N) is 2. The lowest BCUT2D eigenvalue weighted by molar-refractivity contribution is 0.628. The molecule has 0 atom stereocenters. The summed E-state index contributed by atoms with van der Waals surface area (Å²) in [5.74, 6) is 1.11. The van der Waals surface area contributed by atoms with Crippen molar-refractivity contribution in [1.82, 2.24) is 15.0 Å². The van der Waals surface area contributed by atoms with Crippen LogP contribution in [-0.2, 0) is 0 Å². The molecule has 5 heteroatoms. The number of aromatic nitrogens is 3. The Hall–Kier alpha value is -2.43. The zero-order valence-corrected chi connectivity index (χ0v) is 10.7. The first-order valence-corrected chi connectivity index (χ1v) is 5.98. The number of H-pyrrole nitrogens is 1. The average Bonchev–Trinajstić information content (AvgIpc) is 2.83. The van der Waals surface area contributed by atoms with E-state index in [0.29, 0.717) is 11.5 Å². The first kappa shape index (κ1) is 11.6. The number of pyridine rings is 1. The summed E-state index contributed by atoms with van der Waals surface area (Å²) in [4.78, 5) is 11.9. The lowest BCUT2D eigenvalue weighted by atomic mass is 10.1. The molecule has 0 radical (unpaired) electrons. The molecule has 0 spiro atoms. The molecular formula is C14H13FN4. The summed E-state index contributed by atoms with van der Waals surface area (Å²) in [6, 6.07) is 8.43. The zero-order valence-electron chi connectivity index (χ0n) is 10.7. The molecule has 0 unspecified atom stereocenters. The molecule has 0 aliphatic heterocycles. The Morgan fingerprint density at radius 1 is 1.16 bits per heavy atom. The number of fused-ring (bicyclic) bond motifs is 1. The van der Waals surface area contributed by atoms with Crippen molar-refractivity contribution in [1.29, 1.82) is 0 Å². The third kappa shape index (κ3) is 2.03. The van der Waals surface area contributed by atoms with Crippen LogP contribution >= 0.6 is 0 Å². The maximum atomic E-state index is 13.3. The Labute approximate surface area is 109 Å². The smallest absolute Gasteiger partial charge is 0.180 e. The molecule has 0 aliphatic rings. The highest BCUT2D eigenvalue weighted by Gasteiger charge is 2.10. The normalized spacial score (nSPS) is 10.9. The van der Waals surface area contributed by atoms with Crippen molar-refractivity contribution < 1.29 is 4.39 Å². The fraction of sp³-hybridized carbons (Fsp3) is 0.143. The van der Waals surface area contributed by atoms with Gasteiger partial charge in [0.05, 0.1) is 5.52 Å². The van der Waals surface area contributed by atoms with E-state index in [1.807, 2.05) is 19.1 Å². The van der Waals surface area contributed by atoms with Crippen LogP contribution in [0.25, 0.3) is 22.6 Å². The number of aromatic amines is 1. The number of hydrogen-bond donors (Lipinski definition) is 2. The van der Waals surface area contributed by atoms with E-state index in [4.69, 9.17) is 0 Å². The van der Waals surface area contributed by atoms with Crippen LogP contribution in [0, 0.1) is 12.7 Å². The second-order valence-corrected chi connectivity index (χ2v) is 4.36. The van der Waals surface area contributed by atoms with Gasteiger partial charge in [-0.3, -0.25) is 0 Å². The van der Waals surface area contributed by atoms with Crippen LogP contribution in [0.3, 0.4) is 0 Å². The molecule has 3 rings (SSSR count). The molecule has 0 saturated carbocycles. The summed E-state index contributed by atoms with van der Waals surface area (Å²) in [5, 5.41) is 2.96. The van der Waals surface area contributed by atoms with Crippen molar-refractivity contribution in [3.05, 3.63) is 41.7 Å². The van der Waals surface area contributed by atoms with E-state index < -0.39 is 0 Å². The topological polar surface area (TPSA) is 53.6 Å². The standard InChI is InChI=1S/C14H13FN4/c1-8-3-4-9(15)7-10(8)13-17-11-5-6-12(16-2)18-14(11)19-13/h3-7H,1-2H3,(H2,16,17,18,19). The van der Waals surface area contributed by atoms with E-state index in [-0.39, 0.29) is 5.82 Å². The van der Waals surface area contributed by atoms with E-state index in [1.54, 1.807) is 13.1 Å². The van der Waals surface area contributed by atoms with Gasteiger partial charge in [-0.2, -0.15) is 0 Å². The number of benzene rings is 1. The Balaban J connectivity index is 2.17. The molecule has 0 amide bonds.